The third kappa shape index (κ3) is 3.45. The number of hydrogen-bond acceptors (Lipinski definition) is 6. The Bertz CT molecular complexity index is 557. The van der Waals surface area contributed by atoms with Gasteiger partial charge in [-0.15, -0.1) is 11.8 Å². The van der Waals surface area contributed by atoms with E-state index in [4.69, 9.17) is 18.0 Å². The van der Waals surface area contributed by atoms with Crippen molar-refractivity contribution in [1.82, 2.24) is 10.1 Å². The first-order valence-corrected chi connectivity index (χ1v) is 7.16. The maximum absolute atomic E-state index is 5.82. The van der Waals surface area contributed by atoms with Crippen LogP contribution in [-0.2, 0) is 6.54 Å². The molecule has 0 aliphatic carbocycles. The van der Waals surface area contributed by atoms with Gasteiger partial charge in [-0.1, -0.05) is 30.4 Å². The van der Waals surface area contributed by atoms with Gasteiger partial charge < -0.3 is 15.6 Å². The van der Waals surface area contributed by atoms with Crippen molar-refractivity contribution >= 4 is 34.7 Å². The molecule has 1 aromatic carbocycles. The Labute approximate surface area is 121 Å². The zero-order chi connectivity index (χ0) is 13.7. The molecule has 0 aliphatic heterocycles. The van der Waals surface area contributed by atoms with Crippen molar-refractivity contribution in [3.05, 3.63) is 36.0 Å². The fourth-order valence-corrected chi connectivity index (χ4v) is 2.79. The zero-order valence-corrected chi connectivity index (χ0v) is 12.1. The smallest absolute Gasteiger partial charge is 0.213 e. The number of nitrogens with zero attached hydrogens (tertiary/aromatic N) is 2. The fourth-order valence-electron chi connectivity index (χ4n) is 1.65. The van der Waals surface area contributed by atoms with Crippen LogP contribution in [0, 0.1) is 0 Å². The minimum absolute atomic E-state index is 0.382. The van der Waals surface area contributed by atoms with Crippen molar-refractivity contribution in [2.24, 2.45) is 5.73 Å². The van der Waals surface area contributed by atoms with E-state index in [1.807, 2.05) is 18.2 Å². The summed E-state index contributed by atoms with van der Waals surface area (Å²) in [6.07, 6.45) is 1.30. The van der Waals surface area contributed by atoms with E-state index in [0.717, 1.165) is 21.9 Å². The predicted octanol–water partition coefficient (Wildman–Crippen LogP) is 2.43. The third-order valence-corrected chi connectivity index (χ3v) is 3.56. The largest absolute Gasteiger partial charge is 0.389 e. The number of benzene rings is 1. The number of aromatic nitrogens is 2. The van der Waals surface area contributed by atoms with E-state index in [0.29, 0.717) is 17.4 Å². The molecule has 2 aromatic rings. The summed E-state index contributed by atoms with van der Waals surface area (Å²) in [4.78, 5) is 5.41. The van der Waals surface area contributed by atoms with Gasteiger partial charge in [0.2, 0.25) is 6.39 Å². The van der Waals surface area contributed by atoms with Crippen LogP contribution < -0.4 is 11.1 Å². The summed E-state index contributed by atoms with van der Waals surface area (Å²) in [6.45, 7) is 2.56. The normalized spacial score (nSPS) is 10.4. The molecule has 0 unspecified atom stereocenters. The maximum Gasteiger partial charge on any atom is 0.213 e. The van der Waals surface area contributed by atoms with Gasteiger partial charge in [-0.25, -0.2) is 0 Å². The van der Waals surface area contributed by atoms with E-state index in [1.54, 1.807) is 11.8 Å². The molecule has 100 valence electrons. The van der Waals surface area contributed by atoms with Crippen molar-refractivity contribution in [2.75, 3.05) is 11.1 Å². The van der Waals surface area contributed by atoms with Crippen molar-refractivity contribution < 1.29 is 4.52 Å². The molecule has 2 rings (SSSR count). The molecule has 7 heteroatoms. The standard InChI is InChI=1S/C12H14N4OS2/c1-2-19-9-5-3-4-8(11(9)12(13)18)14-6-10-15-7-17-16-10/h3-5,7,14H,2,6H2,1H3,(H2,13,18). The molecule has 0 aliphatic rings. The van der Waals surface area contributed by atoms with Crippen LogP contribution >= 0.6 is 24.0 Å². The quantitative estimate of drug-likeness (QED) is 0.626. The second kappa shape index (κ2) is 6.53. The number of anilines is 1. The van der Waals surface area contributed by atoms with Gasteiger partial charge in [0, 0.05) is 16.1 Å². The van der Waals surface area contributed by atoms with E-state index >= 15 is 0 Å². The number of nitrogens with two attached hydrogens (primary N) is 1. The molecule has 3 N–H and O–H groups in total. The summed E-state index contributed by atoms with van der Waals surface area (Å²) in [5.74, 6) is 1.55. The van der Waals surface area contributed by atoms with Crippen LogP contribution in [-0.4, -0.2) is 20.9 Å². The molecule has 5 nitrogen and oxygen atoms in total. The summed E-state index contributed by atoms with van der Waals surface area (Å²) >= 11 is 6.85. The lowest BCUT2D eigenvalue weighted by molar-refractivity contribution is 0.411. The van der Waals surface area contributed by atoms with E-state index in [9.17, 15) is 0 Å². The van der Waals surface area contributed by atoms with E-state index in [-0.39, 0.29) is 0 Å². The SMILES string of the molecule is CCSc1cccc(NCc2ncon2)c1C(N)=S. The van der Waals surface area contributed by atoms with Gasteiger partial charge in [-0.3, -0.25) is 0 Å². The Morgan fingerprint density at radius 1 is 1.53 bits per heavy atom. The second-order valence-corrected chi connectivity index (χ2v) is 5.42. The highest BCUT2D eigenvalue weighted by Crippen LogP contribution is 2.28. The molecule has 0 bridgehead atoms. The Morgan fingerprint density at radius 2 is 2.37 bits per heavy atom. The van der Waals surface area contributed by atoms with Crippen LogP contribution in [0.2, 0.25) is 0 Å². The Kier molecular flexibility index (Phi) is 4.75. The number of hydrogen-bond donors (Lipinski definition) is 2. The average Bonchev–Trinajstić information content (AvgIpc) is 2.89. The van der Waals surface area contributed by atoms with Crippen molar-refractivity contribution in [2.45, 2.75) is 18.4 Å². The van der Waals surface area contributed by atoms with Crippen LogP contribution in [0.5, 0.6) is 0 Å². The van der Waals surface area contributed by atoms with Crippen LogP contribution in [0.1, 0.15) is 18.3 Å². The summed E-state index contributed by atoms with van der Waals surface area (Å²) < 4.78 is 4.69. The Morgan fingerprint density at radius 3 is 3.00 bits per heavy atom. The lowest BCUT2D eigenvalue weighted by Crippen LogP contribution is -2.15. The second-order valence-electron chi connectivity index (χ2n) is 3.68. The van der Waals surface area contributed by atoms with Gasteiger partial charge in [-0.05, 0) is 17.9 Å². The van der Waals surface area contributed by atoms with Crippen LogP contribution in [0.4, 0.5) is 5.69 Å². The highest BCUT2D eigenvalue weighted by Gasteiger charge is 2.11. The van der Waals surface area contributed by atoms with Gasteiger partial charge in [-0.2, -0.15) is 4.98 Å². The summed E-state index contributed by atoms with van der Waals surface area (Å²) in [7, 11) is 0. The van der Waals surface area contributed by atoms with Gasteiger partial charge in [0.05, 0.1) is 6.54 Å². The first-order valence-electron chi connectivity index (χ1n) is 5.77. The molecule has 0 saturated heterocycles. The number of nitrogens with one attached hydrogen (secondary N) is 1. The summed E-state index contributed by atoms with van der Waals surface area (Å²) in [6, 6.07) is 5.93. The molecular formula is C12H14N4OS2. The lowest BCUT2D eigenvalue weighted by Gasteiger charge is -2.13. The fraction of sp³-hybridized carbons (Fsp3) is 0.250. The molecule has 0 amide bonds. The average molecular weight is 294 g/mol. The Hall–Kier alpha value is -1.60. The molecular weight excluding hydrogens is 280 g/mol. The van der Waals surface area contributed by atoms with Gasteiger partial charge in [0.15, 0.2) is 5.82 Å². The molecule has 1 heterocycles. The van der Waals surface area contributed by atoms with Crippen molar-refractivity contribution in [1.29, 1.82) is 0 Å². The van der Waals surface area contributed by atoms with Gasteiger partial charge in [0.1, 0.15) is 4.99 Å². The molecule has 1 aromatic heterocycles. The minimum Gasteiger partial charge on any atom is -0.389 e. The van der Waals surface area contributed by atoms with Gasteiger partial charge in [0.25, 0.3) is 0 Å². The third-order valence-electron chi connectivity index (χ3n) is 2.42. The molecule has 19 heavy (non-hydrogen) atoms. The molecule has 0 fully saturated rings. The Balaban J connectivity index is 2.23. The van der Waals surface area contributed by atoms with Crippen LogP contribution in [0.25, 0.3) is 0 Å². The topological polar surface area (TPSA) is 77.0 Å². The van der Waals surface area contributed by atoms with E-state index < -0.39 is 0 Å². The number of thiocarbonyl (C=S) groups is 1. The van der Waals surface area contributed by atoms with E-state index in [1.165, 1.54) is 6.39 Å². The summed E-state index contributed by atoms with van der Waals surface area (Å²) in [5.41, 5.74) is 7.58. The maximum atomic E-state index is 5.82. The van der Waals surface area contributed by atoms with Gasteiger partial charge >= 0.3 is 0 Å². The minimum atomic E-state index is 0.382. The summed E-state index contributed by atoms with van der Waals surface area (Å²) in [5, 5.41) is 6.98. The molecule has 0 spiro atoms. The highest BCUT2D eigenvalue weighted by molar-refractivity contribution is 7.99. The van der Waals surface area contributed by atoms with Crippen LogP contribution in [0.3, 0.4) is 0 Å². The molecule has 0 saturated carbocycles. The van der Waals surface area contributed by atoms with Crippen molar-refractivity contribution in [3.63, 3.8) is 0 Å². The first kappa shape index (κ1) is 13.8. The lowest BCUT2D eigenvalue weighted by atomic mass is 10.1. The van der Waals surface area contributed by atoms with Crippen LogP contribution in [0.15, 0.2) is 34.0 Å². The first-order chi connectivity index (χ1) is 9.22. The zero-order valence-electron chi connectivity index (χ0n) is 10.4. The predicted molar refractivity (Wildman–Crippen MR) is 80.4 cm³/mol. The number of rotatable bonds is 6. The molecule has 0 atom stereocenters. The molecule has 0 radical (unpaired) electrons. The number of thioether (sulfide) groups is 1. The van der Waals surface area contributed by atoms with Crippen molar-refractivity contribution in [3.8, 4) is 0 Å². The highest BCUT2D eigenvalue weighted by atomic mass is 32.2. The monoisotopic (exact) mass is 294 g/mol. The van der Waals surface area contributed by atoms with E-state index in [2.05, 4.69) is 26.9 Å².